The van der Waals surface area contributed by atoms with Gasteiger partial charge in [-0.3, -0.25) is 4.90 Å². The van der Waals surface area contributed by atoms with Gasteiger partial charge in [0.15, 0.2) is 0 Å². The second-order valence-electron chi connectivity index (χ2n) is 6.64. The minimum absolute atomic E-state index is 0.271. The van der Waals surface area contributed by atoms with Crippen molar-refractivity contribution in [2.75, 3.05) is 13.1 Å². The minimum Gasteiger partial charge on any atom is -0.391 e. The molecule has 23 heavy (non-hydrogen) atoms. The van der Waals surface area contributed by atoms with E-state index < -0.39 is 0 Å². The van der Waals surface area contributed by atoms with Gasteiger partial charge in [-0.05, 0) is 50.8 Å². The highest BCUT2D eigenvalue weighted by atomic mass is 16.3. The first-order chi connectivity index (χ1) is 11.1. The maximum absolute atomic E-state index is 10.5. The first-order valence-corrected chi connectivity index (χ1v) is 8.34. The number of aliphatic hydroxyl groups is 1. The SMILES string of the molecule is Cc1cccc(C[C@H]2CCN(Cc3ccnc(C)n3)C[C@H]2O)c1. The summed E-state index contributed by atoms with van der Waals surface area (Å²) in [5.74, 6) is 1.15. The fourth-order valence-corrected chi connectivity index (χ4v) is 3.39. The van der Waals surface area contributed by atoms with Gasteiger partial charge >= 0.3 is 0 Å². The van der Waals surface area contributed by atoms with Crippen molar-refractivity contribution in [3.05, 3.63) is 59.2 Å². The van der Waals surface area contributed by atoms with Gasteiger partial charge in [0.1, 0.15) is 5.82 Å². The highest BCUT2D eigenvalue weighted by molar-refractivity contribution is 5.22. The molecule has 2 aromatic rings. The molecule has 2 atom stereocenters. The van der Waals surface area contributed by atoms with E-state index in [9.17, 15) is 5.11 Å². The van der Waals surface area contributed by atoms with Crippen LogP contribution in [0.2, 0.25) is 0 Å². The van der Waals surface area contributed by atoms with Gasteiger partial charge in [-0.2, -0.15) is 0 Å². The van der Waals surface area contributed by atoms with Gasteiger partial charge in [0.05, 0.1) is 11.8 Å². The van der Waals surface area contributed by atoms with Crippen LogP contribution in [0.15, 0.2) is 36.5 Å². The fourth-order valence-electron chi connectivity index (χ4n) is 3.39. The van der Waals surface area contributed by atoms with Gasteiger partial charge in [-0.1, -0.05) is 29.8 Å². The maximum atomic E-state index is 10.5. The van der Waals surface area contributed by atoms with Crippen LogP contribution in [0, 0.1) is 19.8 Å². The molecule has 0 aliphatic carbocycles. The lowest BCUT2D eigenvalue weighted by Crippen LogP contribution is -2.44. The van der Waals surface area contributed by atoms with Crippen LogP contribution in [0.25, 0.3) is 0 Å². The lowest BCUT2D eigenvalue weighted by Gasteiger charge is -2.36. The Morgan fingerprint density at radius 1 is 1.26 bits per heavy atom. The zero-order valence-corrected chi connectivity index (χ0v) is 13.9. The van der Waals surface area contributed by atoms with E-state index in [2.05, 4.69) is 46.1 Å². The zero-order valence-electron chi connectivity index (χ0n) is 13.9. The van der Waals surface area contributed by atoms with Crippen LogP contribution in [0.4, 0.5) is 0 Å². The Bertz CT molecular complexity index is 659. The summed E-state index contributed by atoms with van der Waals surface area (Å²) in [7, 11) is 0. The highest BCUT2D eigenvalue weighted by Gasteiger charge is 2.27. The molecule has 0 amide bonds. The summed E-state index contributed by atoms with van der Waals surface area (Å²) >= 11 is 0. The van der Waals surface area contributed by atoms with Gasteiger partial charge in [-0.15, -0.1) is 0 Å². The number of piperidine rings is 1. The zero-order chi connectivity index (χ0) is 16.2. The van der Waals surface area contributed by atoms with E-state index in [4.69, 9.17) is 0 Å². The van der Waals surface area contributed by atoms with Crippen molar-refractivity contribution >= 4 is 0 Å². The molecule has 2 heterocycles. The van der Waals surface area contributed by atoms with Gasteiger partial charge in [-0.25, -0.2) is 9.97 Å². The molecule has 1 aromatic heterocycles. The molecule has 4 heteroatoms. The van der Waals surface area contributed by atoms with Crippen LogP contribution >= 0.6 is 0 Å². The van der Waals surface area contributed by atoms with Crippen molar-refractivity contribution in [3.63, 3.8) is 0 Å². The van der Waals surface area contributed by atoms with Gasteiger partial charge < -0.3 is 5.11 Å². The Morgan fingerprint density at radius 3 is 2.87 bits per heavy atom. The predicted molar refractivity (Wildman–Crippen MR) is 91.0 cm³/mol. The summed E-state index contributed by atoms with van der Waals surface area (Å²) in [6, 6.07) is 10.6. The molecule has 1 aromatic carbocycles. The molecule has 1 aliphatic heterocycles. The second kappa shape index (κ2) is 7.20. The van der Waals surface area contributed by atoms with Crippen molar-refractivity contribution in [1.82, 2.24) is 14.9 Å². The van der Waals surface area contributed by atoms with E-state index in [1.807, 2.05) is 13.0 Å². The molecule has 0 unspecified atom stereocenters. The molecular formula is C19H25N3O. The standard InChI is InChI=1S/C19H25N3O/c1-14-4-3-5-16(10-14)11-17-7-9-22(13-19(17)23)12-18-6-8-20-15(2)21-18/h3-6,8,10,17,19,23H,7,9,11-13H2,1-2H3/t17-,19-/m1/s1. The number of likely N-dealkylation sites (tertiary alicyclic amines) is 1. The van der Waals surface area contributed by atoms with E-state index in [0.29, 0.717) is 5.92 Å². The molecule has 122 valence electrons. The summed E-state index contributed by atoms with van der Waals surface area (Å²) in [5.41, 5.74) is 3.64. The summed E-state index contributed by atoms with van der Waals surface area (Å²) in [5, 5.41) is 10.5. The molecule has 0 bridgehead atoms. The minimum atomic E-state index is -0.271. The number of aromatic nitrogens is 2. The summed E-state index contributed by atoms with van der Waals surface area (Å²) in [6.07, 6.45) is 3.52. The van der Waals surface area contributed by atoms with Crippen LogP contribution in [-0.4, -0.2) is 39.2 Å². The number of aliphatic hydroxyl groups excluding tert-OH is 1. The molecule has 0 spiro atoms. The Kier molecular flexibility index (Phi) is 5.03. The number of β-amino-alcohol motifs (C(OH)–C–C–N with tert-alkyl or cyclic N) is 1. The van der Waals surface area contributed by atoms with Gasteiger partial charge in [0.25, 0.3) is 0 Å². The van der Waals surface area contributed by atoms with Gasteiger partial charge in [0.2, 0.25) is 0 Å². The van der Waals surface area contributed by atoms with Crippen molar-refractivity contribution < 1.29 is 5.11 Å². The number of hydrogen-bond acceptors (Lipinski definition) is 4. The average Bonchev–Trinajstić information content (AvgIpc) is 2.50. The maximum Gasteiger partial charge on any atom is 0.125 e. The normalized spacial score (nSPS) is 22.2. The van der Waals surface area contributed by atoms with Gasteiger partial charge in [0, 0.05) is 19.3 Å². The molecular weight excluding hydrogens is 286 g/mol. The van der Waals surface area contributed by atoms with Crippen LogP contribution in [0.1, 0.15) is 29.1 Å². The summed E-state index contributed by atoms with van der Waals surface area (Å²) in [4.78, 5) is 10.9. The number of aryl methyl sites for hydroxylation is 2. The summed E-state index contributed by atoms with van der Waals surface area (Å²) in [6.45, 7) is 6.55. The quantitative estimate of drug-likeness (QED) is 0.942. The van der Waals surface area contributed by atoms with Crippen molar-refractivity contribution in [2.24, 2.45) is 5.92 Å². The molecule has 0 saturated carbocycles. The van der Waals surface area contributed by atoms with Crippen LogP contribution in [0.3, 0.4) is 0 Å². The van der Waals surface area contributed by atoms with Crippen molar-refractivity contribution in [1.29, 1.82) is 0 Å². The summed E-state index contributed by atoms with van der Waals surface area (Å²) < 4.78 is 0. The number of rotatable bonds is 4. The molecule has 1 fully saturated rings. The predicted octanol–water partition coefficient (Wildman–Crippen LogP) is 2.52. The lowest BCUT2D eigenvalue weighted by atomic mass is 9.87. The smallest absolute Gasteiger partial charge is 0.125 e. The highest BCUT2D eigenvalue weighted by Crippen LogP contribution is 2.23. The van der Waals surface area contributed by atoms with E-state index in [1.54, 1.807) is 6.20 Å². The molecule has 1 saturated heterocycles. The van der Waals surface area contributed by atoms with Crippen molar-refractivity contribution in [2.45, 2.75) is 39.3 Å². The largest absolute Gasteiger partial charge is 0.391 e. The first kappa shape index (κ1) is 16.1. The molecule has 4 nitrogen and oxygen atoms in total. The molecule has 1 aliphatic rings. The van der Waals surface area contributed by atoms with Crippen LogP contribution < -0.4 is 0 Å². The fraction of sp³-hybridized carbons (Fsp3) is 0.474. The third-order valence-corrected chi connectivity index (χ3v) is 4.61. The molecule has 1 N–H and O–H groups in total. The number of hydrogen-bond donors (Lipinski definition) is 1. The topological polar surface area (TPSA) is 49.2 Å². The molecule has 3 rings (SSSR count). The second-order valence-corrected chi connectivity index (χ2v) is 6.64. The number of benzene rings is 1. The van der Waals surface area contributed by atoms with E-state index in [-0.39, 0.29) is 6.10 Å². The van der Waals surface area contributed by atoms with Crippen LogP contribution in [-0.2, 0) is 13.0 Å². The lowest BCUT2D eigenvalue weighted by molar-refractivity contribution is 0.0183. The van der Waals surface area contributed by atoms with E-state index in [0.717, 1.165) is 44.0 Å². The molecule has 0 radical (unpaired) electrons. The number of nitrogens with zero attached hydrogens (tertiary/aromatic N) is 3. The Hall–Kier alpha value is -1.78. The monoisotopic (exact) mass is 311 g/mol. The van der Waals surface area contributed by atoms with Crippen LogP contribution in [0.5, 0.6) is 0 Å². The Morgan fingerprint density at radius 2 is 2.13 bits per heavy atom. The van der Waals surface area contributed by atoms with Crippen molar-refractivity contribution in [3.8, 4) is 0 Å². The third-order valence-electron chi connectivity index (χ3n) is 4.61. The van der Waals surface area contributed by atoms with E-state index >= 15 is 0 Å². The Balaban J connectivity index is 1.57. The Labute approximate surface area is 138 Å². The third kappa shape index (κ3) is 4.36. The average molecular weight is 311 g/mol. The van der Waals surface area contributed by atoms with E-state index in [1.165, 1.54) is 11.1 Å². The first-order valence-electron chi connectivity index (χ1n) is 8.34.